The van der Waals surface area contributed by atoms with E-state index in [1.807, 2.05) is 41.5 Å². The van der Waals surface area contributed by atoms with E-state index in [9.17, 15) is 19.2 Å². The van der Waals surface area contributed by atoms with Crippen molar-refractivity contribution >= 4 is 24.2 Å². The molecule has 2 N–H and O–H groups in total. The van der Waals surface area contributed by atoms with Gasteiger partial charge in [-0.3, -0.25) is 9.59 Å². The second kappa shape index (κ2) is 16.6. The normalized spacial score (nSPS) is 13.4. The van der Waals surface area contributed by atoms with Crippen molar-refractivity contribution in [3.05, 3.63) is 23.8 Å². The minimum atomic E-state index is -1.07. The van der Waals surface area contributed by atoms with Crippen molar-refractivity contribution in [3.8, 4) is 11.5 Å². The van der Waals surface area contributed by atoms with Crippen LogP contribution in [0, 0.1) is 23.7 Å². The van der Waals surface area contributed by atoms with E-state index in [1.165, 1.54) is 12.1 Å². The van der Waals surface area contributed by atoms with Crippen LogP contribution in [0.2, 0.25) is 0 Å². The summed E-state index contributed by atoms with van der Waals surface area (Å²) in [5, 5.41) is 0. The summed E-state index contributed by atoms with van der Waals surface area (Å²) in [4.78, 5) is 48.8. The van der Waals surface area contributed by atoms with Crippen LogP contribution >= 0.6 is 0 Å². The van der Waals surface area contributed by atoms with Crippen LogP contribution in [0.5, 0.6) is 11.5 Å². The van der Waals surface area contributed by atoms with Gasteiger partial charge in [-0.2, -0.15) is 0 Å². The molecule has 11 nitrogen and oxygen atoms in total. The zero-order chi connectivity index (χ0) is 29.7. The molecule has 0 amide bonds. The molecule has 1 aromatic carbocycles. The van der Waals surface area contributed by atoms with Crippen molar-refractivity contribution in [3.63, 3.8) is 0 Å². The maximum Gasteiger partial charge on any atom is 0.513 e. The Morgan fingerprint density at radius 2 is 1.26 bits per heavy atom. The van der Waals surface area contributed by atoms with Gasteiger partial charge in [0.15, 0.2) is 11.5 Å². The second-order valence-corrected chi connectivity index (χ2v) is 10.6. The molecule has 3 atom stereocenters. The Kier molecular flexibility index (Phi) is 14.3. The van der Waals surface area contributed by atoms with Crippen molar-refractivity contribution in [2.45, 2.75) is 74.0 Å². The molecule has 0 radical (unpaired) electrons. The molecule has 0 aromatic heterocycles. The fourth-order valence-electron chi connectivity index (χ4n) is 2.81. The van der Waals surface area contributed by atoms with E-state index in [2.05, 4.69) is 0 Å². The van der Waals surface area contributed by atoms with Gasteiger partial charge >= 0.3 is 24.2 Å². The fourth-order valence-corrected chi connectivity index (χ4v) is 2.81. The molecule has 39 heavy (non-hydrogen) atoms. The van der Waals surface area contributed by atoms with Crippen LogP contribution in [0.3, 0.4) is 0 Å². The van der Waals surface area contributed by atoms with Gasteiger partial charge in [-0.15, -0.1) is 0 Å². The largest absolute Gasteiger partial charge is 0.513 e. The molecule has 0 heterocycles. The summed E-state index contributed by atoms with van der Waals surface area (Å²) in [6, 6.07) is 3.30. The van der Waals surface area contributed by atoms with Crippen LogP contribution in [0.25, 0.3) is 0 Å². The van der Waals surface area contributed by atoms with Crippen LogP contribution in [-0.4, -0.2) is 56.2 Å². The number of benzene rings is 1. The van der Waals surface area contributed by atoms with Gasteiger partial charge in [0, 0.05) is 0 Å². The van der Waals surface area contributed by atoms with Gasteiger partial charge in [0.2, 0.25) is 0 Å². The first kappa shape index (κ1) is 33.7. The van der Waals surface area contributed by atoms with Gasteiger partial charge in [-0.05, 0) is 48.8 Å². The monoisotopic (exact) mass is 553 g/mol. The van der Waals surface area contributed by atoms with Crippen molar-refractivity contribution in [2.75, 3.05) is 19.8 Å². The lowest BCUT2D eigenvalue weighted by molar-refractivity contribution is -0.161. The summed E-state index contributed by atoms with van der Waals surface area (Å²) in [7, 11) is 0. The average Bonchev–Trinajstić information content (AvgIpc) is 2.85. The van der Waals surface area contributed by atoms with Crippen molar-refractivity contribution in [1.82, 2.24) is 0 Å². The summed E-state index contributed by atoms with van der Waals surface area (Å²) in [5.41, 5.74) is 6.54. The highest BCUT2D eigenvalue weighted by Gasteiger charge is 2.23. The third-order valence-electron chi connectivity index (χ3n) is 5.37. The Morgan fingerprint density at radius 3 is 1.77 bits per heavy atom. The maximum atomic E-state index is 12.5. The minimum Gasteiger partial charge on any atom is -0.462 e. The highest BCUT2D eigenvalue weighted by molar-refractivity contribution is 5.76. The number of carbonyl (C=O) groups is 4. The topological polar surface area (TPSA) is 150 Å². The van der Waals surface area contributed by atoms with Gasteiger partial charge in [-0.25, -0.2) is 9.59 Å². The summed E-state index contributed by atoms with van der Waals surface area (Å²) >= 11 is 0. The molecule has 0 aliphatic carbocycles. The molecule has 0 bridgehead atoms. The van der Waals surface area contributed by atoms with E-state index >= 15 is 0 Å². The summed E-state index contributed by atoms with van der Waals surface area (Å²) in [6.07, 6.45) is -2.63. The first-order chi connectivity index (χ1) is 18.2. The number of esters is 2. The zero-order valence-electron chi connectivity index (χ0n) is 24.2. The van der Waals surface area contributed by atoms with Crippen LogP contribution < -0.4 is 15.2 Å². The van der Waals surface area contributed by atoms with Gasteiger partial charge in [0.1, 0.15) is 18.8 Å². The van der Waals surface area contributed by atoms with Crippen molar-refractivity contribution in [1.29, 1.82) is 0 Å². The average molecular weight is 554 g/mol. The van der Waals surface area contributed by atoms with Gasteiger partial charge in [-0.1, -0.05) is 54.5 Å². The molecule has 0 spiro atoms. The van der Waals surface area contributed by atoms with Gasteiger partial charge in [0.05, 0.1) is 19.1 Å². The maximum absolute atomic E-state index is 12.5. The molecule has 0 saturated carbocycles. The Bertz CT molecular complexity index is 960. The van der Waals surface area contributed by atoms with Crippen molar-refractivity contribution < 1.29 is 47.6 Å². The van der Waals surface area contributed by atoms with E-state index in [0.717, 1.165) is 0 Å². The minimum absolute atomic E-state index is 0.0190. The van der Waals surface area contributed by atoms with Gasteiger partial charge in [0.25, 0.3) is 0 Å². The molecule has 220 valence electrons. The molecule has 0 saturated heterocycles. The number of ether oxygens (including phenoxy) is 6. The smallest absolute Gasteiger partial charge is 0.462 e. The molecule has 1 unspecified atom stereocenters. The lowest BCUT2D eigenvalue weighted by Gasteiger charge is -2.19. The molecule has 1 aromatic rings. The summed E-state index contributed by atoms with van der Waals surface area (Å²) in [6.45, 7) is 14.9. The highest BCUT2D eigenvalue weighted by Crippen LogP contribution is 2.30. The predicted molar refractivity (Wildman–Crippen MR) is 142 cm³/mol. The lowest BCUT2D eigenvalue weighted by atomic mass is 9.99. The van der Waals surface area contributed by atoms with Gasteiger partial charge < -0.3 is 34.2 Å². The summed E-state index contributed by atoms with van der Waals surface area (Å²) < 4.78 is 31.1. The molecule has 0 aliphatic heterocycles. The van der Waals surface area contributed by atoms with Crippen molar-refractivity contribution in [2.24, 2.45) is 29.4 Å². The molecule has 0 aliphatic rings. The number of carbonyl (C=O) groups excluding carboxylic acids is 4. The Labute approximate surface area is 230 Å². The molecule has 1 rings (SSSR count). The first-order valence-electron chi connectivity index (χ1n) is 13.1. The second-order valence-electron chi connectivity index (χ2n) is 10.6. The first-order valence-corrected chi connectivity index (χ1v) is 13.1. The SMILES string of the molecule is CC(C)COC(=O)Oc1ccc(C[C@H](N)C(=O)O[C@@H](C)COC(=O)C(C)C(C)C)cc1OC(=O)OCC(C)C. The van der Waals surface area contributed by atoms with Crippen LogP contribution in [0.4, 0.5) is 9.59 Å². The summed E-state index contributed by atoms with van der Waals surface area (Å²) in [5.74, 6) is -1.23. The van der Waals surface area contributed by atoms with E-state index in [0.29, 0.717) is 5.56 Å². The Morgan fingerprint density at radius 1 is 0.718 bits per heavy atom. The third-order valence-corrected chi connectivity index (χ3v) is 5.37. The van der Waals surface area contributed by atoms with E-state index in [4.69, 9.17) is 34.2 Å². The third kappa shape index (κ3) is 13.3. The zero-order valence-corrected chi connectivity index (χ0v) is 24.2. The standard InChI is InChI=1S/C28H43NO10/c1-16(2)13-35-27(32)38-23-10-9-21(12-24(23)39-28(33)36-14-17(3)4)11-22(29)26(31)37-19(7)15-34-25(30)20(8)18(5)6/h9-10,12,16-20,22H,11,13-15,29H2,1-8H3/t19-,20?,22-/m0/s1. The van der Waals surface area contributed by atoms with Crippen LogP contribution in [-0.2, 0) is 35.0 Å². The van der Waals surface area contributed by atoms with Crippen LogP contribution in [0.1, 0.15) is 61.0 Å². The number of nitrogens with two attached hydrogens (primary N) is 1. The Hall–Kier alpha value is -3.34. The number of rotatable bonds is 14. The van der Waals surface area contributed by atoms with E-state index in [-0.39, 0.29) is 67.4 Å². The number of hydrogen-bond donors (Lipinski definition) is 1. The lowest BCUT2D eigenvalue weighted by Crippen LogP contribution is -2.37. The highest BCUT2D eigenvalue weighted by atomic mass is 16.7. The van der Waals surface area contributed by atoms with E-state index in [1.54, 1.807) is 19.9 Å². The predicted octanol–water partition coefficient (Wildman–Crippen LogP) is 4.67. The van der Waals surface area contributed by atoms with Crippen LogP contribution in [0.15, 0.2) is 18.2 Å². The molecular formula is C28H43NO10. The molecule has 11 heteroatoms. The fraction of sp³-hybridized carbons (Fsp3) is 0.643. The number of hydrogen-bond acceptors (Lipinski definition) is 11. The Balaban J connectivity index is 2.87. The molecule has 0 fully saturated rings. The molecular weight excluding hydrogens is 510 g/mol. The quantitative estimate of drug-likeness (QED) is 0.194. The van der Waals surface area contributed by atoms with E-state index < -0.39 is 30.4 Å².